The Morgan fingerprint density at radius 2 is 1.65 bits per heavy atom. The minimum Gasteiger partial charge on any atom is -0.396 e. The van der Waals surface area contributed by atoms with Gasteiger partial charge < -0.3 is 5.11 Å². The summed E-state index contributed by atoms with van der Waals surface area (Å²) in [5.74, 6) is 5.29. The summed E-state index contributed by atoms with van der Waals surface area (Å²) in [6.07, 6.45) is 14.8. The molecule has 0 spiro atoms. The Morgan fingerprint density at radius 1 is 0.870 bits per heavy atom. The lowest BCUT2D eigenvalue weighted by molar-refractivity contribution is -0.115. The number of rotatable bonds is 2. The molecule has 2 unspecified atom stereocenters. The molecule has 0 amide bonds. The summed E-state index contributed by atoms with van der Waals surface area (Å²) in [7, 11) is 0. The second kappa shape index (κ2) is 5.75. The monoisotopic (exact) mass is 318 g/mol. The van der Waals surface area contributed by atoms with Gasteiger partial charge in [0.15, 0.2) is 0 Å². The molecule has 4 fully saturated rings. The molecule has 0 aliphatic heterocycles. The van der Waals surface area contributed by atoms with Crippen molar-refractivity contribution in [1.29, 1.82) is 0 Å². The molecule has 0 aromatic rings. The molecule has 0 aromatic heterocycles. The maximum Gasteiger partial charge on any atom is 0.0459 e. The van der Waals surface area contributed by atoms with E-state index in [1.54, 1.807) is 0 Å². The van der Waals surface area contributed by atoms with E-state index in [2.05, 4.69) is 20.8 Å². The Labute approximate surface area is 143 Å². The molecule has 0 radical (unpaired) electrons. The van der Waals surface area contributed by atoms with Crippen LogP contribution in [0.5, 0.6) is 0 Å². The summed E-state index contributed by atoms with van der Waals surface area (Å²) in [6, 6.07) is 0. The van der Waals surface area contributed by atoms with Crippen LogP contribution in [0.1, 0.15) is 85.0 Å². The second-order valence-corrected chi connectivity index (χ2v) is 10.3. The van der Waals surface area contributed by atoms with Crippen LogP contribution >= 0.6 is 0 Å². The van der Waals surface area contributed by atoms with Crippen molar-refractivity contribution < 1.29 is 5.11 Å². The van der Waals surface area contributed by atoms with Gasteiger partial charge in [0.05, 0.1) is 0 Å². The lowest BCUT2D eigenvalue weighted by atomic mass is 9.44. The van der Waals surface area contributed by atoms with E-state index < -0.39 is 0 Å². The zero-order valence-electron chi connectivity index (χ0n) is 15.7. The summed E-state index contributed by atoms with van der Waals surface area (Å²) in [5.41, 5.74) is 1.20. The first-order valence-corrected chi connectivity index (χ1v) is 10.6. The SMILES string of the molecule is CC(CO)[C@H]1CC[C@H]2[C@@H]3CCC4CCCC[C@]4(C)[C@H]3CC[C@]12C. The Kier molecular flexibility index (Phi) is 4.11. The van der Waals surface area contributed by atoms with E-state index in [1.807, 2.05) is 0 Å². The van der Waals surface area contributed by atoms with Gasteiger partial charge in [-0.1, -0.05) is 33.6 Å². The molecule has 0 saturated heterocycles. The highest BCUT2D eigenvalue weighted by atomic mass is 16.3. The molecule has 1 N–H and O–H groups in total. The van der Waals surface area contributed by atoms with Crippen LogP contribution in [-0.2, 0) is 0 Å². The van der Waals surface area contributed by atoms with Gasteiger partial charge in [-0.15, -0.1) is 0 Å². The molecule has 0 aromatic carbocycles. The van der Waals surface area contributed by atoms with E-state index >= 15 is 0 Å². The van der Waals surface area contributed by atoms with Crippen LogP contribution in [0.15, 0.2) is 0 Å². The predicted octanol–water partition coefficient (Wildman–Crippen LogP) is 5.66. The predicted molar refractivity (Wildman–Crippen MR) is 96.1 cm³/mol. The highest BCUT2D eigenvalue weighted by Crippen LogP contribution is 2.68. The van der Waals surface area contributed by atoms with Crippen molar-refractivity contribution in [1.82, 2.24) is 0 Å². The fourth-order valence-electron chi connectivity index (χ4n) is 8.40. The molecule has 8 atom stereocenters. The molecule has 1 nitrogen and oxygen atoms in total. The topological polar surface area (TPSA) is 20.2 Å². The van der Waals surface area contributed by atoms with Gasteiger partial charge in [-0.05, 0) is 97.7 Å². The minimum absolute atomic E-state index is 0.390. The molecule has 132 valence electrons. The van der Waals surface area contributed by atoms with E-state index in [0.717, 1.165) is 29.6 Å². The van der Waals surface area contributed by atoms with Crippen LogP contribution in [-0.4, -0.2) is 11.7 Å². The first kappa shape index (κ1) is 16.4. The molecular weight excluding hydrogens is 280 g/mol. The Balaban J connectivity index is 1.60. The maximum absolute atomic E-state index is 9.73. The normalized spacial score (nSPS) is 54.0. The average molecular weight is 319 g/mol. The van der Waals surface area contributed by atoms with Gasteiger partial charge in [-0.25, -0.2) is 0 Å². The standard InChI is InChI=1S/C22H38O/c1-15(14-23)18-9-10-19-17-8-7-16-6-4-5-12-21(16,2)20(17)11-13-22(18,19)3/h15-20,23H,4-14H2,1-3H3/t15?,16?,17-,18+,19-,20-,21-,22+/m0/s1. The average Bonchev–Trinajstić information content (AvgIpc) is 2.91. The lowest BCUT2D eigenvalue weighted by Crippen LogP contribution is -2.53. The zero-order chi connectivity index (χ0) is 16.2. The van der Waals surface area contributed by atoms with Crippen molar-refractivity contribution in [3.05, 3.63) is 0 Å². The highest BCUT2D eigenvalue weighted by Gasteiger charge is 2.59. The summed E-state index contributed by atoms with van der Waals surface area (Å²) < 4.78 is 0. The van der Waals surface area contributed by atoms with Crippen molar-refractivity contribution in [2.45, 2.75) is 85.0 Å². The molecule has 1 heteroatoms. The lowest BCUT2D eigenvalue weighted by Gasteiger charge is -2.60. The summed E-state index contributed by atoms with van der Waals surface area (Å²) >= 11 is 0. The summed E-state index contributed by atoms with van der Waals surface area (Å²) in [4.78, 5) is 0. The molecule has 23 heavy (non-hydrogen) atoms. The Hall–Kier alpha value is -0.0400. The summed E-state index contributed by atoms with van der Waals surface area (Å²) in [6.45, 7) is 7.97. The number of fused-ring (bicyclic) bond motifs is 5. The molecule has 4 aliphatic carbocycles. The van der Waals surface area contributed by atoms with Gasteiger partial charge in [-0.3, -0.25) is 0 Å². The first-order chi connectivity index (χ1) is 11.0. The van der Waals surface area contributed by atoms with Crippen molar-refractivity contribution in [3.8, 4) is 0 Å². The first-order valence-electron chi connectivity index (χ1n) is 10.6. The highest BCUT2D eigenvalue weighted by molar-refractivity contribution is 5.09. The van der Waals surface area contributed by atoms with Gasteiger partial charge in [-0.2, -0.15) is 0 Å². The van der Waals surface area contributed by atoms with Gasteiger partial charge in [0.25, 0.3) is 0 Å². The number of aliphatic hydroxyl groups excluding tert-OH is 1. The maximum atomic E-state index is 9.73. The number of hydrogen-bond donors (Lipinski definition) is 1. The molecule has 4 rings (SSSR count). The fraction of sp³-hybridized carbons (Fsp3) is 1.00. The van der Waals surface area contributed by atoms with Crippen LogP contribution in [0.3, 0.4) is 0 Å². The molecular formula is C22H38O. The zero-order valence-corrected chi connectivity index (χ0v) is 15.7. The molecule has 0 heterocycles. The van der Waals surface area contributed by atoms with E-state index in [-0.39, 0.29) is 0 Å². The molecule has 4 saturated carbocycles. The van der Waals surface area contributed by atoms with Crippen LogP contribution < -0.4 is 0 Å². The Bertz CT molecular complexity index is 445. The third-order valence-corrected chi connectivity index (χ3v) is 9.63. The smallest absolute Gasteiger partial charge is 0.0459 e. The van der Waals surface area contributed by atoms with Crippen molar-refractivity contribution >= 4 is 0 Å². The third-order valence-electron chi connectivity index (χ3n) is 9.63. The van der Waals surface area contributed by atoms with E-state index in [9.17, 15) is 5.11 Å². The van der Waals surface area contributed by atoms with Gasteiger partial charge in [0, 0.05) is 6.61 Å². The van der Waals surface area contributed by atoms with Crippen molar-refractivity contribution in [3.63, 3.8) is 0 Å². The largest absolute Gasteiger partial charge is 0.396 e. The van der Waals surface area contributed by atoms with Crippen molar-refractivity contribution in [2.75, 3.05) is 6.61 Å². The van der Waals surface area contributed by atoms with Crippen LogP contribution in [0.2, 0.25) is 0 Å². The van der Waals surface area contributed by atoms with Crippen LogP contribution in [0.4, 0.5) is 0 Å². The van der Waals surface area contributed by atoms with E-state index in [1.165, 1.54) is 64.2 Å². The van der Waals surface area contributed by atoms with Crippen molar-refractivity contribution in [2.24, 2.45) is 46.3 Å². The minimum atomic E-state index is 0.390. The number of aliphatic hydroxyl groups is 1. The summed E-state index contributed by atoms with van der Waals surface area (Å²) in [5, 5.41) is 9.73. The molecule has 4 aliphatic rings. The van der Waals surface area contributed by atoms with Crippen LogP contribution in [0.25, 0.3) is 0 Å². The van der Waals surface area contributed by atoms with Gasteiger partial charge in [0.2, 0.25) is 0 Å². The van der Waals surface area contributed by atoms with Gasteiger partial charge >= 0.3 is 0 Å². The molecule has 0 bridgehead atoms. The van der Waals surface area contributed by atoms with Gasteiger partial charge in [0.1, 0.15) is 0 Å². The van der Waals surface area contributed by atoms with Crippen LogP contribution in [0, 0.1) is 46.3 Å². The second-order valence-electron chi connectivity index (χ2n) is 10.3. The number of hydrogen-bond acceptors (Lipinski definition) is 1. The Morgan fingerprint density at radius 3 is 2.43 bits per heavy atom. The quantitative estimate of drug-likeness (QED) is 0.696. The van der Waals surface area contributed by atoms with E-state index in [4.69, 9.17) is 0 Å². The third kappa shape index (κ3) is 2.28. The van der Waals surface area contributed by atoms with E-state index in [0.29, 0.717) is 23.4 Å². The fourth-order valence-corrected chi connectivity index (χ4v) is 8.40.